The summed E-state index contributed by atoms with van der Waals surface area (Å²) in [4.78, 5) is 16.6. The molecule has 29 heavy (non-hydrogen) atoms. The minimum atomic E-state index is -0.118. The van der Waals surface area contributed by atoms with Crippen LogP contribution in [0.1, 0.15) is 5.56 Å². The van der Waals surface area contributed by atoms with E-state index in [9.17, 15) is 4.79 Å². The zero-order valence-electron chi connectivity index (χ0n) is 16.6. The molecule has 0 saturated carbocycles. The molecular formula is C22H23N3O4. The van der Waals surface area contributed by atoms with Crippen molar-refractivity contribution in [2.45, 2.75) is 6.42 Å². The second-order valence-corrected chi connectivity index (χ2v) is 6.20. The maximum absolute atomic E-state index is 12.3. The number of aromatic nitrogens is 1. The van der Waals surface area contributed by atoms with Crippen molar-refractivity contribution in [3.05, 3.63) is 66.4 Å². The lowest BCUT2D eigenvalue weighted by atomic mass is 10.1. The molecular weight excluding hydrogens is 370 g/mol. The van der Waals surface area contributed by atoms with E-state index in [2.05, 4.69) is 15.6 Å². The molecule has 3 rings (SSSR count). The minimum Gasteiger partial charge on any atom is -0.497 e. The minimum absolute atomic E-state index is 0.118. The van der Waals surface area contributed by atoms with Crippen LogP contribution >= 0.6 is 0 Å². The van der Waals surface area contributed by atoms with Crippen molar-refractivity contribution in [1.82, 2.24) is 4.98 Å². The number of rotatable bonds is 8. The Hall–Kier alpha value is -3.74. The van der Waals surface area contributed by atoms with Crippen LogP contribution in [0.4, 0.5) is 17.2 Å². The zero-order valence-corrected chi connectivity index (χ0v) is 16.6. The topological polar surface area (TPSA) is 81.7 Å². The van der Waals surface area contributed by atoms with E-state index in [1.54, 1.807) is 39.7 Å². The van der Waals surface area contributed by atoms with E-state index in [1.165, 1.54) is 0 Å². The summed E-state index contributed by atoms with van der Waals surface area (Å²) in [7, 11) is 4.81. The van der Waals surface area contributed by atoms with Gasteiger partial charge in [0.05, 0.1) is 45.3 Å². The number of methoxy groups -OCH3 is 3. The van der Waals surface area contributed by atoms with Crippen LogP contribution in [0.5, 0.6) is 17.2 Å². The van der Waals surface area contributed by atoms with Crippen LogP contribution in [-0.4, -0.2) is 32.2 Å². The number of amides is 1. The number of anilines is 3. The Labute approximate surface area is 169 Å². The summed E-state index contributed by atoms with van der Waals surface area (Å²) in [6.45, 7) is 0. The predicted octanol–water partition coefficient (Wildman–Crippen LogP) is 4.03. The van der Waals surface area contributed by atoms with E-state index in [4.69, 9.17) is 14.2 Å². The number of carbonyl (C=O) groups excluding carboxylic acids is 1. The van der Waals surface area contributed by atoms with E-state index in [0.29, 0.717) is 23.0 Å². The second kappa shape index (κ2) is 9.45. The smallest absolute Gasteiger partial charge is 0.228 e. The number of pyridine rings is 1. The predicted molar refractivity (Wildman–Crippen MR) is 112 cm³/mol. The summed E-state index contributed by atoms with van der Waals surface area (Å²) in [5.74, 6) is 2.63. The normalized spacial score (nSPS) is 10.2. The van der Waals surface area contributed by atoms with E-state index >= 15 is 0 Å². The maximum Gasteiger partial charge on any atom is 0.228 e. The molecule has 0 aliphatic rings. The van der Waals surface area contributed by atoms with Crippen LogP contribution in [0, 0.1) is 0 Å². The number of ether oxygens (including phenoxy) is 3. The van der Waals surface area contributed by atoms with Crippen LogP contribution in [0.15, 0.2) is 60.8 Å². The van der Waals surface area contributed by atoms with Crippen LogP contribution < -0.4 is 24.8 Å². The Morgan fingerprint density at radius 1 is 0.897 bits per heavy atom. The largest absolute Gasteiger partial charge is 0.497 e. The van der Waals surface area contributed by atoms with Crippen molar-refractivity contribution >= 4 is 23.1 Å². The fourth-order valence-corrected chi connectivity index (χ4v) is 2.73. The summed E-state index contributed by atoms with van der Waals surface area (Å²) in [6.07, 6.45) is 1.87. The highest BCUT2D eigenvalue weighted by atomic mass is 16.5. The molecule has 2 N–H and O–H groups in total. The number of nitrogens with one attached hydrogen (secondary N) is 2. The van der Waals surface area contributed by atoms with Crippen LogP contribution in [0.25, 0.3) is 0 Å². The molecule has 0 spiro atoms. The first-order valence-corrected chi connectivity index (χ1v) is 8.99. The lowest BCUT2D eigenvalue weighted by Gasteiger charge is -2.12. The highest BCUT2D eigenvalue weighted by Gasteiger charge is 2.08. The Bertz CT molecular complexity index is 957. The maximum atomic E-state index is 12.3. The van der Waals surface area contributed by atoms with Gasteiger partial charge in [-0.1, -0.05) is 12.1 Å². The van der Waals surface area contributed by atoms with Crippen LogP contribution in [0.3, 0.4) is 0 Å². The molecule has 0 atom stereocenters. The second-order valence-electron chi connectivity index (χ2n) is 6.20. The van der Waals surface area contributed by atoms with Gasteiger partial charge in [0.1, 0.15) is 23.1 Å². The van der Waals surface area contributed by atoms with Gasteiger partial charge in [-0.15, -0.1) is 0 Å². The van der Waals surface area contributed by atoms with E-state index in [1.807, 2.05) is 42.5 Å². The van der Waals surface area contributed by atoms with Crippen molar-refractivity contribution in [2.24, 2.45) is 0 Å². The third-order valence-corrected chi connectivity index (χ3v) is 4.24. The van der Waals surface area contributed by atoms with Gasteiger partial charge in [-0.05, 0) is 42.0 Å². The van der Waals surface area contributed by atoms with Crippen molar-refractivity contribution in [3.8, 4) is 17.2 Å². The molecule has 0 bridgehead atoms. The molecule has 7 nitrogen and oxygen atoms in total. The third kappa shape index (κ3) is 5.38. The molecule has 0 unspecified atom stereocenters. The van der Waals surface area contributed by atoms with E-state index in [0.717, 1.165) is 17.0 Å². The lowest BCUT2D eigenvalue weighted by Crippen LogP contribution is -2.14. The van der Waals surface area contributed by atoms with E-state index < -0.39 is 0 Å². The number of hydrogen-bond acceptors (Lipinski definition) is 6. The number of hydrogen-bond donors (Lipinski definition) is 2. The molecule has 0 saturated heterocycles. The third-order valence-electron chi connectivity index (χ3n) is 4.24. The summed E-state index contributed by atoms with van der Waals surface area (Å²) in [6, 6.07) is 16.4. The SMILES string of the molecule is COc1ccc(CC(=O)Nc2ccc(Nc3cc(OC)ccc3OC)nc2)cc1. The molecule has 1 aromatic heterocycles. The molecule has 1 amide bonds. The molecule has 7 heteroatoms. The average molecular weight is 393 g/mol. The molecule has 1 heterocycles. The first-order chi connectivity index (χ1) is 14.1. The monoisotopic (exact) mass is 393 g/mol. The molecule has 0 aliphatic heterocycles. The highest BCUT2D eigenvalue weighted by Crippen LogP contribution is 2.31. The Balaban J connectivity index is 1.62. The first kappa shape index (κ1) is 20.0. The van der Waals surface area contributed by atoms with Gasteiger partial charge in [0.15, 0.2) is 0 Å². The van der Waals surface area contributed by atoms with Crippen molar-refractivity contribution in [1.29, 1.82) is 0 Å². The molecule has 0 radical (unpaired) electrons. The fraction of sp³-hybridized carbons (Fsp3) is 0.182. The number of benzene rings is 2. The summed E-state index contributed by atoms with van der Waals surface area (Å²) in [5, 5.41) is 6.03. The Morgan fingerprint density at radius 3 is 2.24 bits per heavy atom. The molecule has 0 aliphatic carbocycles. The first-order valence-electron chi connectivity index (χ1n) is 8.99. The van der Waals surface area contributed by atoms with Gasteiger partial charge in [0.25, 0.3) is 0 Å². The van der Waals surface area contributed by atoms with Crippen LogP contribution in [0.2, 0.25) is 0 Å². The van der Waals surface area contributed by atoms with Gasteiger partial charge in [-0.25, -0.2) is 4.98 Å². The standard InChI is InChI=1S/C22H23N3O4/c1-27-17-7-4-15(5-8-17)12-22(26)24-16-6-11-21(23-14-16)25-19-13-18(28-2)9-10-20(19)29-3/h4-11,13-14H,12H2,1-3H3,(H,23,25)(H,24,26). The lowest BCUT2D eigenvalue weighted by molar-refractivity contribution is -0.115. The zero-order chi connectivity index (χ0) is 20.6. The molecule has 0 fully saturated rings. The summed E-state index contributed by atoms with van der Waals surface area (Å²) in [5.41, 5.74) is 2.25. The van der Waals surface area contributed by atoms with Gasteiger partial charge in [-0.3, -0.25) is 4.79 Å². The molecule has 2 aromatic carbocycles. The summed E-state index contributed by atoms with van der Waals surface area (Å²) >= 11 is 0. The van der Waals surface area contributed by atoms with Gasteiger partial charge >= 0.3 is 0 Å². The average Bonchev–Trinajstić information content (AvgIpc) is 2.75. The van der Waals surface area contributed by atoms with Crippen molar-refractivity contribution < 1.29 is 19.0 Å². The van der Waals surface area contributed by atoms with Crippen LogP contribution in [-0.2, 0) is 11.2 Å². The summed E-state index contributed by atoms with van der Waals surface area (Å²) < 4.78 is 15.7. The fourth-order valence-electron chi connectivity index (χ4n) is 2.73. The number of carbonyl (C=O) groups is 1. The van der Waals surface area contributed by atoms with Crippen molar-refractivity contribution in [2.75, 3.05) is 32.0 Å². The molecule has 150 valence electrons. The van der Waals surface area contributed by atoms with Gasteiger partial charge < -0.3 is 24.8 Å². The Morgan fingerprint density at radius 2 is 1.62 bits per heavy atom. The van der Waals surface area contributed by atoms with E-state index in [-0.39, 0.29) is 12.3 Å². The van der Waals surface area contributed by atoms with Gasteiger partial charge in [0.2, 0.25) is 5.91 Å². The van der Waals surface area contributed by atoms with Gasteiger partial charge in [-0.2, -0.15) is 0 Å². The number of nitrogens with zero attached hydrogens (tertiary/aromatic N) is 1. The van der Waals surface area contributed by atoms with Gasteiger partial charge in [0, 0.05) is 6.07 Å². The Kier molecular flexibility index (Phi) is 6.52. The highest BCUT2D eigenvalue weighted by molar-refractivity contribution is 5.92. The quantitative estimate of drug-likeness (QED) is 0.601. The molecule has 3 aromatic rings. The van der Waals surface area contributed by atoms with Crippen molar-refractivity contribution in [3.63, 3.8) is 0 Å².